The first-order chi connectivity index (χ1) is 16.9. The molecule has 0 aliphatic heterocycles. The summed E-state index contributed by atoms with van der Waals surface area (Å²) in [6.07, 6.45) is 1.85. The first kappa shape index (κ1) is 30.9. The highest BCUT2D eigenvalue weighted by Gasteiger charge is 2.32. The molecule has 2 N–H and O–H groups in total. The molecule has 0 aliphatic rings. The highest BCUT2D eigenvalue weighted by atomic mass is 16.6. The van der Waals surface area contributed by atoms with Crippen LogP contribution in [0, 0.1) is 13.8 Å². The van der Waals surface area contributed by atoms with E-state index in [1.165, 1.54) is 4.90 Å². The van der Waals surface area contributed by atoms with Crippen LogP contribution < -0.4 is 10.6 Å². The van der Waals surface area contributed by atoms with E-state index in [2.05, 4.69) is 17.6 Å². The van der Waals surface area contributed by atoms with Crippen molar-refractivity contribution in [3.05, 3.63) is 34.9 Å². The van der Waals surface area contributed by atoms with Crippen molar-refractivity contribution < 1.29 is 28.7 Å². The second-order valence-corrected chi connectivity index (χ2v) is 9.76. The summed E-state index contributed by atoms with van der Waals surface area (Å²) in [6, 6.07) is 4.79. The van der Waals surface area contributed by atoms with Crippen molar-refractivity contribution in [3.63, 3.8) is 0 Å². The number of hydrogen-bond donors (Lipinski definition) is 2. The monoisotopic (exact) mass is 505 g/mol. The van der Waals surface area contributed by atoms with Gasteiger partial charge in [-0.15, -0.1) is 0 Å². The first-order valence-corrected chi connectivity index (χ1v) is 12.7. The van der Waals surface area contributed by atoms with E-state index < -0.39 is 35.5 Å². The maximum atomic E-state index is 13.5. The molecule has 1 atom stereocenters. The Morgan fingerprint density at radius 3 is 2.31 bits per heavy atom. The van der Waals surface area contributed by atoms with Crippen molar-refractivity contribution >= 4 is 23.9 Å². The van der Waals surface area contributed by atoms with Gasteiger partial charge in [0.2, 0.25) is 11.8 Å². The molecule has 9 heteroatoms. The maximum Gasteiger partial charge on any atom is 0.408 e. The van der Waals surface area contributed by atoms with Crippen LogP contribution in [0.15, 0.2) is 18.2 Å². The van der Waals surface area contributed by atoms with Crippen LogP contribution in [0.1, 0.15) is 83.0 Å². The van der Waals surface area contributed by atoms with Gasteiger partial charge in [-0.2, -0.15) is 0 Å². The number of ether oxygens (including phenoxy) is 2. The van der Waals surface area contributed by atoms with Crippen molar-refractivity contribution in [2.24, 2.45) is 0 Å². The van der Waals surface area contributed by atoms with Crippen LogP contribution in [-0.4, -0.2) is 60.6 Å². The van der Waals surface area contributed by atoms with Gasteiger partial charge in [-0.25, -0.2) is 4.79 Å². The van der Waals surface area contributed by atoms with Gasteiger partial charge in [0.1, 0.15) is 18.2 Å². The average Bonchev–Trinajstić information content (AvgIpc) is 2.77. The fourth-order valence-corrected chi connectivity index (χ4v) is 3.69. The Labute approximate surface area is 215 Å². The number of rotatable bonds is 13. The van der Waals surface area contributed by atoms with Gasteiger partial charge in [0, 0.05) is 13.1 Å². The Morgan fingerprint density at radius 1 is 1.03 bits per heavy atom. The van der Waals surface area contributed by atoms with E-state index in [1.54, 1.807) is 27.7 Å². The number of alkyl carbamates (subject to hydrolysis) is 1. The first-order valence-electron chi connectivity index (χ1n) is 12.7. The molecule has 0 radical (unpaired) electrons. The van der Waals surface area contributed by atoms with Crippen LogP contribution in [0.3, 0.4) is 0 Å². The summed E-state index contributed by atoms with van der Waals surface area (Å²) in [5, 5.41) is 5.29. The number of carbonyl (C=O) groups is 4. The van der Waals surface area contributed by atoms with Crippen molar-refractivity contribution in [2.45, 2.75) is 85.8 Å². The van der Waals surface area contributed by atoms with E-state index in [4.69, 9.17) is 9.47 Å². The number of aryl methyl sites for hydroxylation is 2. The third-order valence-electron chi connectivity index (χ3n) is 5.32. The molecular weight excluding hydrogens is 462 g/mol. The molecule has 0 saturated heterocycles. The third kappa shape index (κ3) is 11.1. The lowest BCUT2D eigenvalue weighted by atomic mass is 9.96. The second-order valence-electron chi connectivity index (χ2n) is 9.76. The molecule has 1 aromatic rings. The molecular formula is C27H43N3O6. The van der Waals surface area contributed by atoms with Gasteiger partial charge in [0.05, 0.1) is 13.0 Å². The predicted octanol–water partition coefficient (Wildman–Crippen LogP) is 3.96. The molecule has 0 bridgehead atoms. The number of benzene rings is 1. The average molecular weight is 506 g/mol. The van der Waals surface area contributed by atoms with Gasteiger partial charge >= 0.3 is 12.1 Å². The fraction of sp³-hybridized carbons (Fsp3) is 0.630. The van der Waals surface area contributed by atoms with Crippen molar-refractivity contribution in [2.75, 3.05) is 26.2 Å². The van der Waals surface area contributed by atoms with Crippen LogP contribution in [0.4, 0.5) is 4.79 Å². The summed E-state index contributed by atoms with van der Waals surface area (Å²) >= 11 is 0. The highest BCUT2D eigenvalue weighted by Crippen LogP contribution is 2.26. The van der Waals surface area contributed by atoms with Crippen LogP contribution in [0.5, 0.6) is 0 Å². The molecule has 1 rings (SSSR count). The van der Waals surface area contributed by atoms with Gasteiger partial charge in [-0.05, 0) is 59.1 Å². The molecule has 202 valence electrons. The quantitative estimate of drug-likeness (QED) is 0.310. The predicted molar refractivity (Wildman–Crippen MR) is 138 cm³/mol. The van der Waals surface area contributed by atoms with E-state index in [0.717, 1.165) is 24.0 Å². The Kier molecular flexibility index (Phi) is 13.0. The minimum atomic E-state index is -0.919. The largest absolute Gasteiger partial charge is 0.466 e. The Balaban J connectivity index is 3.21. The molecule has 0 saturated carbocycles. The number of nitrogens with one attached hydrogen (secondary N) is 2. The molecule has 1 aromatic carbocycles. The number of carbonyl (C=O) groups excluding carboxylic acids is 4. The van der Waals surface area contributed by atoms with E-state index in [0.29, 0.717) is 18.5 Å². The summed E-state index contributed by atoms with van der Waals surface area (Å²) in [7, 11) is 0. The molecule has 0 spiro atoms. The summed E-state index contributed by atoms with van der Waals surface area (Å²) in [5.41, 5.74) is 1.90. The smallest absolute Gasteiger partial charge is 0.408 e. The lowest BCUT2D eigenvalue weighted by Gasteiger charge is -2.32. The summed E-state index contributed by atoms with van der Waals surface area (Å²) < 4.78 is 10.2. The topological polar surface area (TPSA) is 114 Å². The normalized spacial score (nSPS) is 11.9. The number of hydrogen-bond acceptors (Lipinski definition) is 6. The van der Waals surface area contributed by atoms with Crippen LogP contribution in [0.25, 0.3) is 0 Å². The van der Waals surface area contributed by atoms with Crippen molar-refractivity contribution in [1.29, 1.82) is 0 Å². The maximum absolute atomic E-state index is 13.5. The summed E-state index contributed by atoms with van der Waals surface area (Å²) in [5.74, 6) is -1.20. The molecule has 0 aromatic heterocycles. The number of esters is 1. The zero-order valence-corrected chi connectivity index (χ0v) is 22.9. The second kappa shape index (κ2) is 15.1. The van der Waals surface area contributed by atoms with E-state index in [9.17, 15) is 19.2 Å². The van der Waals surface area contributed by atoms with Crippen LogP contribution >= 0.6 is 0 Å². The van der Waals surface area contributed by atoms with Crippen molar-refractivity contribution in [1.82, 2.24) is 15.5 Å². The minimum Gasteiger partial charge on any atom is -0.466 e. The lowest BCUT2D eigenvalue weighted by molar-refractivity contribution is -0.143. The number of amides is 3. The molecule has 0 fully saturated rings. The summed E-state index contributed by atoms with van der Waals surface area (Å²) in [6.45, 7) is 13.2. The molecule has 9 nitrogen and oxygen atoms in total. The Hall–Kier alpha value is -3.10. The van der Waals surface area contributed by atoms with Gasteiger partial charge in [0.25, 0.3) is 0 Å². The highest BCUT2D eigenvalue weighted by molar-refractivity contribution is 5.91. The third-order valence-corrected chi connectivity index (χ3v) is 5.32. The van der Waals surface area contributed by atoms with Gasteiger partial charge in [-0.1, -0.05) is 43.5 Å². The number of unbranched alkanes of at least 4 members (excludes halogenated alkanes) is 2. The molecule has 0 heterocycles. The van der Waals surface area contributed by atoms with Crippen LogP contribution in [0.2, 0.25) is 0 Å². The van der Waals surface area contributed by atoms with Gasteiger partial charge in [0.15, 0.2) is 0 Å². The Bertz CT molecular complexity index is 894. The zero-order valence-electron chi connectivity index (χ0n) is 22.9. The fourth-order valence-electron chi connectivity index (χ4n) is 3.69. The standard InChI is InChI=1S/C27H43N3O6/c1-8-10-11-16-30(22(31)18-29-26(34)36-27(5,6)7)24(21-13-12-19(3)17-20(21)4)25(33)28-15-14-23(32)35-9-2/h12-13,17,24H,8-11,14-16,18H2,1-7H3,(H,28,33)(H,29,34). The van der Waals surface area contributed by atoms with E-state index in [-0.39, 0.29) is 26.1 Å². The van der Waals surface area contributed by atoms with E-state index >= 15 is 0 Å². The minimum absolute atomic E-state index is 0.0309. The molecule has 36 heavy (non-hydrogen) atoms. The summed E-state index contributed by atoms with van der Waals surface area (Å²) in [4.78, 5) is 52.2. The van der Waals surface area contributed by atoms with Crippen LogP contribution in [-0.2, 0) is 23.9 Å². The zero-order chi connectivity index (χ0) is 27.3. The lowest BCUT2D eigenvalue weighted by Crippen LogP contribution is -2.48. The number of nitrogens with zero attached hydrogens (tertiary/aromatic N) is 1. The van der Waals surface area contributed by atoms with Gasteiger partial charge in [-0.3, -0.25) is 14.4 Å². The Morgan fingerprint density at radius 2 is 1.72 bits per heavy atom. The van der Waals surface area contributed by atoms with E-state index in [1.807, 2.05) is 32.0 Å². The van der Waals surface area contributed by atoms with Gasteiger partial charge < -0.3 is 25.0 Å². The SMILES string of the molecule is CCCCCN(C(=O)CNC(=O)OC(C)(C)C)C(C(=O)NCCC(=O)OCC)c1ccc(C)cc1C. The van der Waals surface area contributed by atoms with Crippen molar-refractivity contribution in [3.8, 4) is 0 Å². The molecule has 1 unspecified atom stereocenters. The molecule has 3 amide bonds. The molecule has 0 aliphatic carbocycles.